The molecular weight excluding hydrogens is 482 g/mol. The molecule has 200 valence electrons. The van der Waals surface area contributed by atoms with E-state index in [0.717, 1.165) is 0 Å². The molecule has 4 amide bonds. The highest BCUT2D eigenvalue weighted by Gasteiger charge is 2.32. The Balaban J connectivity index is 5.49. The first kappa shape index (κ1) is 32.1. The van der Waals surface area contributed by atoms with E-state index in [1.54, 1.807) is 20.1 Å². The Labute approximate surface area is 208 Å². The third kappa shape index (κ3) is 13.0. The molecule has 13 nitrogen and oxygen atoms in total. The molecule has 0 aromatic rings. The molecule has 0 fully saturated rings. The van der Waals surface area contributed by atoms with Crippen LogP contribution in [-0.4, -0.2) is 82.0 Å². The van der Waals surface area contributed by atoms with E-state index in [4.69, 9.17) is 16.6 Å². The summed E-state index contributed by atoms with van der Waals surface area (Å²) in [6.07, 6.45) is 1.59. The molecule has 0 aliphatic heterocycles. The Morgan fingerprint density at radius 1 is 0.857 bits per heavy atom. The Kier molecular flexibility index (Phi) is 15.3. The third-order valence-corrected chi connectivity index (χ3v) is 5.98. The Morgan fingerprint density at radius 2 is 1.46 bits per heavy atom. The fourth-order valence-electron chi connectivity index (χ4n) is 2.95. The molecule has 0 aromatic carbocycles. The first-order chi connectivity index (χ1) is 16.3. The summed E-state index contributed by atoms with van der Waals surface area (Å²) in [6.45, 7) is 3.52. The summed E-state index contributed by atoms with van der Waals surface area (Å²) in [5.74, 6) is -5.17. The summed E-state index contributed by atoms with van der Waals surface area (Å²) in [4.78, 5) is 71.5. The minimum absolute atomic E-state index is 0.114. The average Bonchev–Trinajstić information content (AvgIpc) is 2.79. The monoisotopic (exact) mass is 519 g/mol. The number of carbonyl (C=O) groups excluding carboxylic acids is 4. The lowest BCUT2D eigenvalue weighted by Gasteiger charge is -2.28. The molecule has 0 rings (SSSR count). The number of carboxylic acid groups (broad SMARTS) is 2. The van der Waals surface area contributed by atoms with Gasteiger partial charge in [-0.2, -0.15) is 11.8 Å². The molecule has 0 spiro atoms. The van der Waals surface area contributed by atoms with Gasteiger partial charge in [0.2, 0.25) is 23.6 Å². The van der Waals surface area contributed by atoms with Gasteiger partial charge in [-0.15, -0.1) is 0 Å². The van der Waals surface area contributed by atoms with Crippen molar-refractivity contribution in [2.24, 2.45) is 17.4 Å². The van der Waals surface area contributed by atoms with Crippen LogP contribution in [-0.2, 0) is 28.8 Å². The number of rotatable bonds is 18. The molecule has 5 atom stereocenters. The van der Waals surface area contributed by atoms with Crippen molar-refractivity contribution in [1.82, 2.24) is 16.0 Å². The number of hydrogen-bond acceptors (Lipinski definition) is 8. The quantitative estimate of drug-likeness (QED) is 0.114. The van der Waals surface area contributed by atoms with E-state index in [9.17, 15) is 33.9 Å². The van der Waals surface area contributed by atoms with Crippen LogP contribution in [0.15, 0.2) is 0 Å². The van der Waals surface area contributed by atoms with Gasteiger partial charge < -0.3 is 37.6 Å². The van der Waals surface area contributed by atoms with E-state index >= 15 is 0 Å². The molecule has 0 aliphatic rings. The zero-order chi connectivity index (χ0) is 27.1. The zero-order valence-corrected chi connectivity index (χ0v) is 21.1. The van der Waals surface area contributed by atoms with Crippen LogP contribution in [0.5, 0.6) is 0 Å². The third-order valence-electron chi connectivity index (χ3n) is 5.34. The number of aliphatic carboxylic acids is 2. The predicted molar refractivity (Wildman–Crippen MR) is 129 cm³/mol. The van der Waals surface area contributed by atoms with Gasteiger partial charge in [-0.1, -0.05) is 20.3 Å². The van der Waals surface area contributed by atoms with E-state index in [0.29, 0.717) is 12.2 Å². The second-order valence-electron chi connectivity index (χ2n) is 8.16. The highest BCUT2D eigenvalue weighted by atomic mass is 32.2. The van der Waals surface area contributed by atoms with Crippen LogP contribution in [0, 0.1) is 5.92 Å². The van der Waals surface area contributed by atoms with Crippen molar-refractivity contribution >= 4 is 47.3 Å². The Hall–Kier alpha value is -2.87. The summed E-state index contributed by atoms with van der Waals surface area (Å²) in [5.41, 5.74) is 10.8. The van der Waals surface area contributed by atoms with Gasteiger partial charge in [-0.3, -0.25) is 24.0 Å². The van der Waals surface area contributed by atoms with E-state index in [1.165, 1.54) is 11.8 Å². The van der Waals surface area contributed by atoms with Crippen LogP contribution in [0.2, 0.25) is 0 Å². The molecule has 35 heavy (non-hydrogen) atoms. The van der Waals surface area contributed by atoms with Crippen LogP contribution in [0.1, 0.15) is 52.4 Å². The first-order valence-electron chi connectivity index (χ1n) is 11.2. The fraction of sp³-hybridized carbons (Fsp3) is 0.714. The number of amides is 4. The number of carboxylic acids is 2. The maximum atomic E-state index is 13.1. The van der Waals surface area contributed by atoms with Crippen molar-refractivity contribution in [1.29, 1.82) is 0 Å². The smallest absolute Gasteiger partial charge is 0.326 e. The summed E-state index contributed by atoms with van der Waals surface area (Å²) in [7, 11) is 0. The van der Waals surface area contributed by atoms with E-state index < -0.39 is 59.7 Å². The second-order valence-corrected chi connectivity index (χ2v) is 9.14. The van der Waals surface area contributed by atoms with Crippen LogP contribution in [0.4, 0.5) is 0 Å². The highest BCUT2D eigenvalue weighted by molar-refractivity contribution is 7.98. The van der Waals surface area contributed by atoms with Gasteiger partial charge in [0.1, 0.15) is 18.1 Å². The molecule has 0 saturated heterocycles. The average molecular weight is 520 g/mol. The van der Waals surface area contributed by atoms with Gasteiger partial charge in [0, 0.05) is 12.8 Å². The van der Waals surface area contributed by atoms with E-state index in [1.807, 2.05) is 0 Å². The van der Waals surface area contributed by atoms with Crippen molar-refractivity contribution in [2.75, 3.05) is 12.0 Å². The Morgan fingerprint density at radius 3 is 1.94 bits per heavy atom. The summed E-state index contributed by atoms with van der Waals surface area (Å²) >= 11 is 1.41. The lowest BCUT2D eigenvalue weighted by Crippen LogP contribution is -2.58. The van der Waals surface area contributed by atoms with Crippen molar-refractivity contribution in [3.05, 3.63) is 0 Å². The number of primary amides is 1. The Bertz CT molecular complexity index is 766. The zero-order valence-electron chi connectivity index (χ0n) is 20.2. The van der Waals surface area contributed by atoms with Crippen LogP contribution < -0.4 is 27.4 Å². The normalized spacial score (nSPS) is 15.1. The van der Waals surface area contributed by atoms with Gasteiger partial charge in [0.15, 0.2) is 0 Å². The van der Waals surface area contributed by atoms with Crippen molar-refractivity contribution in [3.63, 3.8) is 0 Å². The number of nitrogens with two attached hydrogens (primary N) is 2. The molecule has 0 aliphatic carbocycles. The molecule has 9 N–H and O–H groups in total. The second kappa shape index (κ2) is 16.7. The van der Waals surface area contributed by atoms with Crippen LogP contribution in [0.25, 0.3) is 0 Å². The van der Waals surface area contributed by atoms with Gasteiger partial charge >= 0.3 is 11.9 Å². The molecule has 14 heteroatoms. The number of nitrogens with one attached hydrogen (secondary N) is 3. The largest absolute Gasteiger partial charge is 0.481 e. The molecule has 0 aromatic heterocycles. The highest BCUT2D eigenvalue weighted by Crippen LogP contribution is 2.11. The predicted octanol–water partition coefficient (Wildman–Crippen LogP) is -1.22. The minimum Gasteiger partial charge on any atom is -0.481 e. The SMILES string of the molecule is CCC(C)C(NC(=O)C(N)CCC(=O)O)C(=O)NC(CCSC)C(=O)NC(CCC(N)=O)C(=O)O. The van der Waals surface area contributed by atoms with E-state index in [-0.39, 0.29) is 38.0 Å². The standard InChI is InChI=1S/C21H37N5O8S/c1-4-11(2)17(26-18(30)12(22)5-8-16(28)29)20(32)24-13(9-10-35-3)19(31)25-14(21(33)34)6-7-15(23)27/h11-14,17H,4-10,22H2,1-3H3,(H2,23,27)(H,24,32)(H,25,31)(H,26,30)(H,28,29)(H,33,34). The summed E-state index contributed by atoms with van der Waals surface area (Å²) in [6, 6.07) is -4.67. The van der Waals surface area contributed by atoms with Gasteiger partial charge in [-0.25, -0.2) is 4.79 Å². The van der Waals surface area contributed by atoms with Crippen molar-refractivity contribution in [2.45, 2.75) is 76.5 Å². The summed E-state index contributed by atoms with van der Waals surface area (Å²) in [5, 5.41) is 25.5. The lowest BCUT2D eigenvalue weighted by atomic mass is 9.97. The molecule has 5 unspecified atom stereocenters. The minimum atomic E-state index is -1.37. The molecule has 0 saturated carbocycles. The fourth-order valence-corrected chi connectivity index (χ4v) is 3.43. The van der Waals surface area contributed by atoms with Gasteiger partial charge in [0.05, 0.1) is 6.04 Å². The topological polar surface area (TPSA) is 231 Å². The first-order valence-corrected chi connectivity index (χ1v) is 12.6. The molecule has 0 bridgehead atoms. The van der Waals surface area contributed by atoms with Crippen LogP contribution in [0.3, 0.4) is 0 Å². The van der Waals surface area contributed by atoms with Crippen molar-refractivity contribution in [3.8, 4) is 0 Å². The van der Waals surface area contributed by atoms with E-state index in [2.05, 4.69) is 16.0 Å². The molecule has 0 heterocycles. The maximum absolute atomic E-state index is 13.1. The number of carbonyl (C=O) groups is 6. The van der Waals surface area contributed by atoms with Gasteiger partial charge in [-0.05, 0) is 37.2 Å². The van der Waals surface area contributed by atoms with Gasteiger partial charge in [0.25, 0.3) is 0 Å². The molecule has 0 radical (unpaired) electrons. The molecular formula is C21H37N5O8S. The maximum Gasteiger partial charge on any atom is 0.326 e. The van der Waals surface area contributed by atoms with Crippen molar-refractivity contribution < 1.29 is 39.0 Å². The lowest BCUT2D eigenvalue weighted by molar-refractivity contribution is -0.143. The van der Waals surface area contributed by atoms with Crippen LogP contribution >= 0.6 is 11.8 Å². The number of hydrogen-bond donors (Lipinski definition) is 7. The summed E-state index contributed by atoms with van der Waals surface area (Å²) < 4.78 is 0. The number of thioether (sulfide) groups is 1.